The molecular weight excluding hydrogens is 394 g/mol. The number of carbonyl (C=O) groups excluding carboxylic acids is 1. The molecule has 1 aromatic heterocycles. The summed E-state index contributed by atoms with van der Waals surface area (Å²) in [5, 5.41) is 3.76. The Labute approximate surface area is 183 Å². The molecule has 158 valence electrons. The van der Waals surface area contributed by atoms with Crippen LogP contribution >= 0.6 is 11.6 Å². The third kappa shape index (κ3) is 3.64. The monoisotopic (exact) mass is 423 g/mol. The number of amides is 1. The number of halogens is 1. The first-order chi connectivity index (χ1) is 14.5. The molecule has 5 heteroatoms. The van der Waals surface area contributed by atoms with Crippen LogP contribution in [0.4, 0.5) is 5.82 Å². The quantitative estimate of drug-likeness (QED) is 0.653. The smallest absolute Gasteiger partial charge is 0.225 e. The molecule has 3 aliphatic carbocycles. The molecule has 1 amide bonds. The molecule has 3 aliphatic rings. The summed E-state index contributed by atoms with van der Waals surface area (Å²) in [6.07, 6.45) is 13.9. The van der Waals surface area contributed by atoms with E-state index < -0.39 is 0 Å². The molecule has 0 spiro atoms. The summed E-state index contributed by atoms with van der Waals surface area (Å²) in [5.41, 5.74) is 3.45. The summed E-state index contributed by atoms with van der Waals surface area (Å²) in [5.74, 6) is 3.37. The number of aromatic nitrogens is 2. The van der Waals surface area contributed by atoms with E-state index in [1.807, 2.05) is 0 Å². The molecular formula is C25H30ClN3O. The number of benzene rings is 1. The van der Waals surface area contributed by atoms with Gasteiger partial charge in [-0.25, -0.2) is 4.98 Å². The molecule has 0 bridgehead atoms. The maximum absolute atomic E-state index is 12.5. The summed E-state index contributed by atoms with van der Waals surface area (Å²) in [7, 11) is 0. The van der Waals surface area contributed by atoms with Gasteiger partial charge in [-0.3, -0.25) is 9.78 Å². The van der Waals surface area contributed by atoms with Gasteiger partial charge in [0.15, 0.2) is 5.82 Å². The van der Waals surface area contributed by atoms with Crippen molar-refractivity contribution in [1.29, 1.82) is 0 Å². The molecule has 1 aromatic carbocycles. The molecule has 2 saturated carbocycles. The first-order valence-corrected chi connectivity index (χ1v) is 11.8. The van der Waals surface area contributed by atoms with Crippen LogP contribution in [0.3, 0.4) is 0 Å². The molecule has 2 aromatic rings. The van der Waals surface area contributed by atoms with Gasteiger partial charge in [-0.05, 0) is 97.3 Å². The van der Waals surface area contributed by atoms with Gasteiger partial charge in [0.1, 0.15) is 0 Å². The van der Waals surface area contributed by atoms with Crippen LogP contribution in [-0.4, -0.2) is 15.9 Å². The van der Waals surface area contributed by atoms with Gasteiger partial charge in [0.2, 0.25) is 5.91 Å². The predicted molar refractivity (Wildman–Crippen MR) is 119 cm³/mol. The van der Waals surface area contributed by atoms with E-state index in [2.05, 4.69) is 40.4 Å². The van der Waals surface area contributed by atoms with Crippen molar-refractivity contribution < 1.29 is 4.79 Å². The minimum atomic E-state index is 0.0556. The normalized spacial score (nSPS) is 32.1. The van der Waals surface area contributed by atoms with Gasteiger partial charge in [-0.1, -0.05) is 24.6 Å². The summed E-state index contributed by atoms with van der Waals surface area (Å²) in [4.78, 5) is 20.7. The highest BCUT2D eigenvalue weighted by molar-refractivity contribution is 6.30. The first-order valence-electron chi connectivity index (χ1n) is 11.4. The zero-order valence-corrected chi connectivity index (χ0v) is 18.4. The highest BCUT2D eigenvalue weighted by Gasteiger charge is 2.53. The van der Waals surface area contributed by atoms with Gasteiger partial charge >= 0.3 is 0 Å². The van der Waals surface area contributed by atoms with Gasteiger partial charge in [0, 0.05) is 23.8 Å². The second-order valence-corrected chi connectivity index (χ2v) is 10.3. The van der Waals surface area contributed by atoms with Crippen LogP contribution in [0, 0.1) is 23.2 Å². The van der Waals surface area contributed by atoms with Crippen molar-refractivity contribution in [2.24, 2.45) is 23.2 Å². The lowest BCUT2D eigenvalue weighted by molar-refractivity contribution is -0.116. The Morgan fingerprint density at radius 2 is 2.10 bits per heavy atom. The topological polar surface area (TPSA) is 54.9 Å². The van der Waals surface area contributed by atoms with E-state index in [1.165, 1.54) is 37.7 Å². The standard InChI is InChI=1S/C25H30ClN3O/c1-25-10-8-16(3-7-23(30)29-22-15-27-12-13-28-22)24(25)21-5-2-17-14-18(26)4-6-19(17)20(21)9-11-25/h4,6,12-16,20-21,24H,2-3,5,7-11H2,1H3,(H,28,29,30)/t16-,20?,21?,24?,25+/m1/s1. The van der Waals surface area contributed by atoms with Gasteiger partial charge in [0.05, 0.1) is 6.20 Å². The highest BCUT2D eigenvalue weighted by Crippen LogP contribution is 2.63. The van der Waals surface area contributed by atoms with Crippen molar-refractivity contribution in [3.63, 3.8) is 0 Å². The fraction of sp³-hybridized carbons (Fsp3) is 0.560. The van der Waals surface area contributed by atoms with Gasteiger partial charge in [0.25, 0.3) is 0 Å². The van der Waals surface area contributed by atoms with Crippen LogP contribution in [0.25, 0.3) is 0 Å². The van der Waals surface area contributed by atoms with Crippen molar-refractivity contribution in [3.05, 3.63) is 52.9 Å². The fourth-order valence-corrected chi connectivity index (χ4v) is 7.18. The Balaban J connectivity index is 1.30. The Hall–Kier alpha value is -1.94. The van der Waals surface area contributed by atoms with E-state index >= 15 is 0 Å². The maximum atomic E-state index is 12.5. The van der Waals surface area contributed by atoms with Gasteiger partial charge in [-0.15, -0.1) is 0 Å². The van der Waals surface area contributed by atoms with Crippen LogP contribution in [0.2, 0.25) is 5.02 Å². The van der Waals surface area contributed by atoms with E-state index in [0.717, 1.165) is 29.7 Å². The molecule has 0 saturated heterocycles. The largest absolute Gasteiger partial charge is 0.309 e. The number of hydrogen-bond donors (Lipinski definition) is 1. The summed E-state index contributed by atoms with van der Waals surface area (Å²) in [6.45, 7) is 2.52. The molecule has 5 rings (SSSR count). The lowest BCUT2D eigenvalue weighted by Gasteiger charge is -2.51. The van der Waals surface area contributed by atoms with Gasteiger partial charge < -0.3 is 5.32 Å². The summed E-state index contributed by atoms with van der Waals surface area (Å²) < 4.78 is 0. The molecule has 5 atom stereocenters. The van der Waals surface area contributed by atoms with Crippen molar-refractivity contribution >= 4 is 23.3 Å². The highest BCUT2D eigenvalue weighted by atomic mass is 35.5. The van der Waals surface area contributed by atoms with Crippen molar-refractivity contribution in [3.8, 4) is 0 Å². The summed E-state index contributed by atoms with van der Waals surface area (Å²) in [6, 6.07) is 6.54. The van der Waals surface area contributed by atoms with Crippen molar-refractivity contribution in [2.75, 3.05) is 5.32 Å². The molecule has 4 nitrogen and oxygen atoms in total. The molecule has 0 radical (unpaired) electrons. The second-order valence-electron chi connectivity index (χ2n) is 9.85. The van der Waals surface area contributed by atoms with E-state index in [1.54, 1.807) is 24.2 Å². The number of nitrogens with one attached hydrogen (secondary N) is 1. The number of rotatable bonds is 4. The zero-order valence-electron chi connectivity index (χ0n) is 17.6. The Bertz CT molecular complexity index is 933. The van der Waals surface area contributed by atoms with E-state index in [0.29, 0.717) is 29.5 Å². The number of hydrogen-bond acceptors (Lipinski definition) is 3. The second kappa shape index (κ2) is 7.96. The number of anilines is 1. The molecule has 1 N–H and O–H groups in total. The van der Waals surface area contributed by atoms with Crippen LogP contribution in [0.15, 0.2) is 36.8 Å². The first kappa shape index (κ1) is 20.0. The van der Waals surface area contributed by atoms with E-state index in [9.17, 15) is 4.79 Å². The van der Waals surface area contributed by atoms with Crippen molar-refractivity contribution in [2.45, 2.75) is 64.2 Å². The summed E-state index contributed by atoms with van der Waals surface area (Å²) >= 11 is 6.27. The molecule has 2 fully saturated rings. The van der Waals surface area contributed by atoms with E-state index in [4.69, 9.17) is 11.6 Å². The fourth-order valence-electron chi connectivity index (χ4n) is 6.99. The number of carbonyl (C=O) groups is 1. The maximum Gasteiger partial charge on any atom is 0.225 e. The van der Waals surface area contributed by atoms with Crippen LogP contribution < -0.4 is 5.32 Å². The number of fused-ring (bicyclic) bond motifs is 5. The minimum Gasteiger partial charge on any atom is -0.309 e. The molecule has 30 heavy (non-hydrogen) atoms. The van der Waals surface area contributed by atoms with E-state index in [-0.39, 0.29) is 5.91 Å². The van der Waals surface area contributed by atoms with Crippen molar-refractivity contribution in [1.82, 2.24) is 9.97 Å². The third-order valence-corrected chi connectivity index (χ3v) is 8.46. The van der Waals surface area contributed by atoms with Crippen LogP contribution in [0.5, 0.6) is 0 Å². The Morgan fingerprint density at radius 3 is 2.93 bits per heavy atom. The van der Waals surface area contributed by atoms with Crippen LogP contribution in [0.1, 0.15) is 68.9 Å². The third-order valence-electron chi connectivity index (χ3n) is 8.23. The Morgan fingerprint density at radius 1 is 1.23 bits per heavy atom. The average molecular weight is 424 g/mol. The number of aryl methyl sites for hydroxylation is 1. The van der Waals surface area contributed by atoms with Crippen LogP contribution in [-0.2, 0) is 11.2 Å². The molecule has 3 unspecified atom stereocenters. The Kier molecular flexibility index (Phi) is 5.30. The number of nitrogens with zero attached hydrogens (tertiary/aromatic N) is 2. The average Bonchev–Trinajstić information content (AvgIpc) is 3.09. The lowest BCUT2D eigenvalue weighted by atomic mass is 9.54. The van der Waals surface area contributed by atoms with Gasteiger partial charge in [-0.2, -0.15) is 0 Å². The minimum absolute atomic E-state index is 0.0556. The molecule has 0 aliphatic heterocycles. The predicted octanol–water partition coefficient (Wildman–Crippen LogP) is 6.02. The zero-order chi connectivity index (χ0) is 20.7. The SMILES string of the molecule is C[C@]12CCC3c4ccc(Cl)cc4CCC3C1[C@H](CCC(=O)Nc1cnccn1)CC2. The molecule has 1 heterocycles. The lowest BCUT2D eigenvalue weighted by Crippen LogP contribution is -2.42.